The predicted molar refractivity (Wildman–Crippen MR) is 81.9 cm³/mol. The molecule has 0 aliphatic carbocycles. The minimum Gasteiger partial charge on any atom is -0.361 e. The van der Waals surface area contributed by atoms with E-state index in [0.29, 0.717) is 29.2 Å². The Bertz CT molecular complexity index is 783. The van der Waals surface area contributed by atoms with Gasteiger partial charge in [-0.15, -0.1) is 0 Å². The van der Waals surface area contributed by atoms with Gasteiger partial charge in [0, 0.05) is 24.4 Å². The fraction of sp³-hybridized carbons (Fsp3) is 0.286. The Balaban J connectivity index is 2.13. The number of rotatable bonds is 5. The lowest BCUT2D eigenvalue weighted by Gasteiger charge is -2.16. The Hall–Kier alpha value is -2.35. The first kappa shape index (κ1) is 16.0. The van der Waals surface area contributed by atoms with Gasteiger partial charge in [0.25, 0.3) is 5.91 Å². The quantitative estimate of drug-likeness (QED) is 0.902. The third-order valence-electron chi connectivity index (χ3n) is 2.84. The number of nitrogens with zero attached hydrogens (tertiary/aromatic N) is 2. The van der Waals surface area contributed by atoms with E-state index in [9.17, 15) is 13.2 Å². The number of benzene rings is 1. The molecule has 0 saturated heterocycles. The molecule has 1 N–H and O–H groups in total. The zero-order valence-electron chi connectivity index (χ0n) is 12.5. The number of hydrogen-bond donors (Lipinski definition) is 1. The standard InChI is InChI=1S/C14H17N3O4S/c1-10-7-13(15-21-10)9-17(2)14(18)11-5-4-6-12(8-11)16-22(3,19)20/h4-8,16H,9H2,1-3H3. The van der Waals surface area contributed by atoms with Gasteiger partial charge in [-0.2, -0.15) is 0 Å². The van der Waals surface area contributed by atoms with Crippen LogP contribution in [0.4, 0.5) is 5.69 Å². The number of hydrogen-bond acceptors (Lipinski definition) is 5. The second kappa shape index (κ2) is 6.18. The molecule has 0 bridgehead atoms. The van der Waals surface area contributed by atoms with E-state index in [0.717, 1.165) is 6.26 Å². The summed E-state index contributed by atoms with van der Waals surface area (Å²) in [5.74, 6) is 0.438. The Morgan fingerprint density at radius 3 is 2.68 bits per heavy atom. The molecule has 0 unspecified atom stereocenters. The summed E-state index contributed by atoms with van der Waals surface area (Å²) in [6, 6.07) is 8.08. The van der Waals surface area contributed by atoms with Crippen molar-refractivity contribution >= 4 is 21.6 Å². The van der Waals surface area contributed by atoms with Gasteiger partial charge in [-0.3, -0.25) is 9.52 Å². The normalized spacial score (nSPS) is 11.2. The molecule has 1 amide bonds. The second-order valence-corrected chi connectivity index (χ2v) is 6.79. The summed E-state index contributed by atoms with van der Waals surface area (Å²) in [4.78, 5) is 13.8. The van der Waals surface area contributed by atoms with Gasteiger partial charge >= 0.3 is 0 Å². The average Bonchev–Trinajstić information content (AvgIpc) is 2.81. The first-order chi connectivity index (χ1) is 10.2. The first-order valence-electron chi connectivity index (χ1n) is 6.50. The first-order valence-corrected chi connectivity index (χ1v) is 8.39. The minimum atomic E-state index is -3.38. The van der Waals surface area contributed by atoms with Crippen LogP contribution in [0, 0.1) is 6.92 Å². The molecular weight excluding hydrogens is 306 g/mol. The molecule has 0 radical (unpaired) electrons. The number of carbonyl (C=O) groups excluding carboxylic acids is 1. The molecule has 1 aromatic carbocycles. The zero-order chi connectivity index (χ0) is 16.3. The summed E-state index contributed by atoms with van der Waals surface area (Å²) in [5.41, 5.74) is 1.38. The molecule has 8 heteroatoms. The highest BCUT2D eigenvalue weighted by Gasteiger charge is 2.14. The van der Waals surface area contributed by atoms with Crippen molar-refractivity contribution in [2.24, 2.45) is 0 Å². The van der Waals surface area contributed by atoms with E-state index >= 15 is 0 Å². The van der Waals surface area contributed by atoms with Gasteiger partial charge in [-0.05, 0) is 25.1 Å². The monoisotopic (exact) mass is 323 g/mol. The molecule has 7 nitrogen and oxygen atoms in total. The van der Waals surface area contributed by atoms with E-state index in [-0.39, 0.29) is 5.91 Å². The van der Waals surface area contributed by atoms with Gasteiger partial charge in [0.1, 0.15) is 11.5 Å². The van der Waals surface area contributed by atoms with E-state index in [1.54, 1.807) is 38.2 Å². The third-order valence-corrected chi connectivity index (χ3v) is 3.44. The van der Waals surface area contributed by atoms with Gasteiger partial charge < -0.3 is 9.42 Å². The summed E-state index contributed by atoms with van der Waals surface area (Å²) in [5, 5.41) is 3.84. The maximum absolute atomic E-state index is 12.4. The van der Waals surface area contributed by atoms with Crippen molar-refractivity contribution in [3.05, 3.63) is 47.3 Å². The lowest BCUT2D eigenvalue weighted by atomic mass is 10.2. The van der Waals surface area contributed by atoms with E-state index < -0.39 is 10.0 Å². The maximum atomic E-state index is 12.4. The summed E-state index contributed by atoms with van der Waals surface area (Å²) >= 11 is 0. The van der Waals surface area contributed by atoms with Crippen LogP contribution in [-0.4, -0.2) is 37.7 Å². The summed E-state index contributed by atoms with van der Waals surface area (Å²) in [6.45, 7) is 2.08. The van der Waals surface area contributed by atoms with Crippen molar-refractivity contribution in [2.75, 3.05) is 18.0 Å². The highest BCUT2D eigenvalue weighted by atomic mass is 32.2. The van der Waals surface area contributed by atoms with Crippen molar-refractivity contribution in [3.8, 4) is 0 Å². The van der Waals surface area contributed by atoms with Crippen molar-refractivity contribution in [1.82, 2.24) is 10.1 Å². The van der Waals surface area contributed by atoms with Crippen molar-refractivity contribution in [3.63, 3.8) is 0 Å². The molecule has 0 atom stereocenters. The van der Waals surface area contributed by atoms with E-state index in [1.165, 1.54) is 11.0 Å². The summed E-state index contributed by atoms with van der Waals surface area (Å²) < 4.78 is 29.8. The average molecular weight is 323 g/mol. The molecule has 22 heavy (non-hydrogen) atoms. The Morgan fingerprint density at radius 2 is 2.09 bits per heavy atom. The van der Waals surface area contributed by atoms with Crippen molar-refractivity contribution < 1.29 is 17.7 Å². The highest BCUT2D eigenvalue weighted by molar-refractivity contribution is 7.92. The Labute approximate surface area is 129 Å². The molecule has 118 valence electrons. The highest BCUT2D eigenvalue weighted by Crippen LogP contribution is 2.14. The fourth-order valence-electron chi connectivity index (χ4n) is 1.96. The molecule has 0 saturated carbocycles. The smallest absolute Gasteiger partial charge is 0.254 e. The number of carbonyl (C=O) groups is 1. The van der Waals surface area contributed by atoms with Crippen LogP contribution >= 0.6 is 0 Å². The summed E-state index contributed by atoms with van der Waals surface area (Å²) in [7, 11) is -1.74. The minimum absolute atomic E-state index is 0.238. The van der Waals surface area contributed by atoms with Crippen LogP contribution in [0.15, 0.2) is 34.9 Å². The van der Waals surface area contributed by atoms with Crippen molar-refractivity contribution in [2.45, 2.75) is 13.5 Å². The lowest BCUT2D eigenvalue weighted by molar-refractivity contribution is 0.0782. The second-order valence-electron chi connectivity index (χ2n) is 5.05. The van der Waals surface area contributed by atoms with Crippen LogP contribution in [0.1, 0.15) is 21.8 Å². The predicted octanol–water partition coefficient (Wildman–Crippen LogP) is 1.63. The maximum Gasteiger partial charge on any atom is 0.254 e. The molecule has 1 heterocycles. The molecule has 0 spiro atoms. The number of sulfonamides is 1. The Kier molecular flexibility index (Phi) is 4.51. The molecule has 0 aliphatic heterocycles. The van der Waals surface area contributed by atoms with Crippen LogP contribution in [0.5, 0.6) is 0 Å². The van der Waals surface area contributed by atoms with Crippen LogP contribution in [0.2, 0.25) is 0 Å². The van der Waals surface area contributed by atoms with E-state index in [2.05, 4.69) is 9.88 Å². The molecule has 2 rings (SSSR count). The molecule has 0 aliphatic rings. The number of aryl methyl sites for hydroxylation is 1. The van der Waals surface area contributed by atoms with Gasteiger partial charge in [-0.1, -0.05) is 11.2 Å². The molecular formula is C14H17N3O4S. The number of anilines is 1. The number of aromatic nitrogens is 1. The van der Waals surface area contributed by atoms with Crippen molar-refractivity contribution in [1.29, 1.82) is 0 Å². The van der Waals surface area contributed by atoms with Gasteiger partial charge in [0.05, 0.1) is 12.8 Å². The fourth-order valence-corrected chi connectivity index (χ4v) is 2.51. The SMILES string of the molecule is Cc1cc(CN(C)C(=O)c2cccc(NS(C)(=O)=O)c2)no1. The summed E-state index contributed by atoms with van der Waals surface area (Å²) in [6.07, 6.45) is 1.06. The Morgan fingerprint density at radius 1 is 1.36 bits per heavy atom. The van der Waals surface area contributed by atoms with E-state index in [4.69, 9.17) is 4.52 Å². The largest absolute Gasteiger partial charge is 0.361 e. The van der Waals surface area contributed by atoms with Crippen LogP contribution in [0.3, 0.4) is 0 Å². The van der Waals surface area contributed by atoms with Crippen LogP contribution < -0.4 is 4.72 Å². The van der Waals surface area contributed by atoms with E-state index in [1.807, 2.05) is 0 Å². The van der Waals surface area contributed by atoms with Crippen LogP contribution in [-0.2, 0) is 16.6 Å². The number of amides is 1. The topological polar surface area (TPSA) is 92.5 Å². The van der Waals surface area contributed by atoms with Gasteiger partial charge in [0.2, 0.25) is 10.0 Å². The molecule has 0 fully saturated rings. The van der Waals surface area contributed by atoms with Gasteiger partial charge in [-0.25, -0.2) is 8.42 Å². The molecule has 1 aromatic heterocycles. The van der Waals surface area contributed by atoms with Gasteiger partial charge in [0.15, 0.2) is 0 Å². The van der Waals surface area contributed by atoms with Crippen LogP contribution in [0.25, 0.3) is 0 Å². The number of nitrogens with one attached hydrogen (secondary N) is 1. The molecule has 2 aromatic rings. The zero-order valence-corrected chi connectivity index (χ0v) is 13.3. The lowest BCUT2D eigenvalue weighted by Crippen LogP contribution is -2.26. The third kappa shape index (κ3) is 4.32.